The zero-order valence-electron chi connectivity index (χ0n) is 20.7. The molecule has 0 spiro atoms. The van der Waals surface area contributed by atoms with Gasteiger partial charge in [0.15, 0.2) is 12.0 Å². The molecule has 6 rings (SSSR count). The summed E-state index contributed by atoms with van der Waals surface area (Å²) in [5.74, 6) is 0. The normalized spacial score (nSPS) is 26.6. The maximum absolute atomic E-state index is 9.65. The van der Waals surface area contributed by atoms with Gasteiger partial charge in [0.25, 0.3) is 0 Å². The molecule has 0 amide bonds. The van der Waals surface area contributed by atoms with E-state index in [0.717, 1.165) is 10.6 Å². The van der Waals surface area contributed by atoms with Crippen molar-refractivity contribution >= 4 is 34.7 Å². The van der Waals surface area contributed by atoms with E-state index < -0.39 is 36.1 Å². The molecule has 4 unspecified atom stereocenters. The highest BCUT2D eigenvalue weighted by molar-refractivity contribution is 7.99. The summed E-state index contributed by atoms with van der Waals surface area (Å²) in [4.78, 5) is 9.14. The Kier molecular flexibility index (Phi) is 7.90. The van der Waals surface area contributed by atoms with Gasteiger partial charge >= 0.3 is 0 Å². The molecule has 2 fully saturated rings. The second kappa shape index (κ2) is 11.7. The second-order valence-electron chi connectivity index (χ2n) is 8.78. The van der Waals surface area contributed by atoms with Crippen LogP contribution in [0.15, 0.2) is 65.3 Å². The number of fused-ring (bicyclic) bond motifs is 1. The number of ether oxygens (including phenoxy) is 4. The van der Waals surface area contributed by atoms with Gasteiger partial charge in [0.1, 0.15) is 46.6 Å². The van der Waals surface area contributed by atoms with Gasteiger partial charge in [-0.2, -0.15) is 5.26 Å². The van der Waals surface area contributed by atoms with Gasteiger partial charge in [0.2, 0.25) is 0 Å². The van der Waals surface area contributed by atoms with Crippen molar-refractivity contribution in [3.05, 3.63) is 76.6 Å². The molecule has 1 aromatic carbocycles. The van der Waals surface area contributed by atoms with E-state index >= 15 is 0 Å². The maximum Gasteiger partial charge on any atom is 0.184 e. The van der Waals surface area contributed by atoms with Gasteiger partial charge in [-0.25, -0.2) is 14.6 Å². The molecular formula is C26H23ClN6O4S2. The topological polar surface area (TPSA) is 117 Å². The minimum atomic E-state index is -0.575. The van der Waals surface area contributed by atoms with E-state index in [9.17, 15) is 5.26 Å². The molecule has 2 aliphatic rings. The number of benzene rings is 1. The lowest BCUT2D eigenvalue weighted by molar-refractivity contribution is -0.309. The van der Waals surface area contributed by atoms with E-state index in [4.69, 9.17) is 30.5 Å². The molecule has 4 aromatic rings. The van der Waals surface area contributed by atoms with Crippen LogP contribution in [-0.4, -0.2) is 61.9 Å². The first kappa shape index (κ1) is 26.3. The third-order valence-electron chi connectivity index (χ3n) is 6.38. The minimum absolute atomic E-state index is 0.258. The zero-order valence-corrected chi connectivity index (χ0v) is 23.1. The van der Waals surface area contributed by atoms with Crippen molar-refractivity contribution in [1.29, 1.82) is 5.26 Å². The Labute approximate surface area is 237 Å². The number of nitriles is 1. The standard InChI is InChI=1S/C26H23ClN6O4S2/c1-2-34-23-21(33-13-18(31-32-33)24-29-8-9-38-24)22-19(14-35-25(37-22)15-6-4-3-5-7-15)36-26(23)39-20-10-16(27)12-30-17(20)11-28/h3-10,12-13,19,21-23,25-26H,2,14H2,1H3/t19?,21?,22-,23?,25?,26+/m0/s1. The van der Waals surface area contributed by atoms with Gasteiger partial charge in [-0.05, 0) is 13.0 Å². The molecule has 0 N–H and O–H groups in total. The number of hydrogen-bond acceptors (Lipinski definition) is 11. The molecule has 6 atom stereocenters. The Bertz CT molecular complexity index is 1450. The molecule has 5 heterocycles. The summed E-state index contributed by atoms with van der Waals surface area (Å²) in [5, 5.41) is 21.6. The summed E-state index contributed by atoms with van der Waals surface area (Å²) in [6.07, 6.45) is 3.05. The number of halogens is 1. The van der Waals surface area contributed by atoms with Crippen LogP contribution < -0.4 is 0 Å². The molecule has 39 heavy (non-hydrogen) atoms. The highest BCUT2D eigenvalue weighted by Crippen LogP contribution is 2.45. The predicted molar refractivity (Wildman–Crippen MR) is 144 cm³/mol. The predicted octanol–water partition coefficient (Wildman–Crippen LogP) is 4.90. The van der Waals surface area contributed by atoms with Crippen LogP contribution in [0.25, 0.3) is 10.7 Å². The molecule has 2 saturated heterocycles. The Hall–Kier alpha value is -2.89. The lowest BCUT2D eigenvalue weighted by Gasteiger charge is -2.49. The number of thioether (sulfide) groups is 1. The summed E-state index contributed by atoms with van der Waals surface area (Å²) in [5.41, 5.74) is 1.28. The van der Waals surface area contributed by atoms with Crippen molar-refractivity contribution < 1.29 is 18.9 Å². The monoisotopic (exact) mass is 582 g/mol. The highest BCUT2D eigenvalue weighted by atomic mass is 35.5. The molecule has 0 saturated carbocycles. The lowest BCUT2D eigenvalue weighted by atomic mass is 9.95. The van der Waals surface area contributed by atoms with Crippen LogP contribution in [0.1, 0.15) is 30.5 Å². The van der Waals surface area contributed by atoms with Gasteiger partial charge in [-0.3, -0.25) is 0 Å². The SMILES string of the molecule is CCOC1C(n2cc(-c3nccs3)nn2)[C@H]2OC(c3ccccc3)OCC2O[C@@H]1Sc1cc(Cl)cnc1C#N. The van der Waals surface area contributed by atoms with E-state index in [1.165, 1.54) is 29.3 Å². The van der Waals surface area contributed by atoms with Gasteiger partial charge in [0, 0.05) is 34.8 Å². The number of rotatable bonds is 7. The van der Waals surface area contributed by atoms with Crippen LogP contribution in [0.5, 0.6) is 0 Å². The van der Waals surface area contributed by atoms with Crippen LogP contribution in [0.4, 0.5) is 0 Å². The Morgan fingerprint density at radius 3 is 2.90 bits per heavy atom. The fourth-order valence-electron chi connectivity index (χ4n) is 4.70. The number of nitrogens with zero attached hydrogens (tertiary/aromatic N) is 6. The highest BCUT2D eigenvalue weighted by Gasteiger charge is 2.52. The minimum Gasteiger partial charge on any atom is -0.373 e. The van der Waals surface area contributed by atoms with E-state index in [-0.39, 0.29) is 5.69 Å². The first-order chi connectivity index (χ1) is 19.1. The van der Waals surface area contributed by atoms with Crippen molar-refractivity contribution in [2.75, 3.05) is 13.2 Å². The van der Waals surface area contributed by atoms with Crippen LogP contribution in [0.2, 0.25) is 5.02 Å². The van der Waals surface area contributed by atoms with Gasteiger partial charge in [-0.15, -0.1) is 16.4 Å². The Balaban J connectivity index is 1.38. The largest absolute Gasteiger partial charge is 0.373 e. The summed E-state index contributed by atoms with van der Waals surface area (Å²) in [6, 6.07) is 13.2. The molecule has 10 nitrogen and oxygen atoms in total. The molecule has 0 aliphatic carbocycles. The van der Waals surface area contributed by atoms with Crippen LogP contribution >= 0.6 is 34.7 Å². The van der Waals surface area contributed by atoms with E-state index in [0.29, 0.717) is 28.8 Å². The number of thiazole rings is 1. The fraction of sp³-hybridized carbons (Fsp3) is 0.346. The smallest absolute Gasteiger partial charge is 0.184 e. The van der Waals surface area contributed by atoms with E-state index in [1.54, 1.807) is 16.9 Å². The quantitative estimate of drug-likeness (QED) is 0.298. The summed E-state index contributed by atoms with van der Waals surface area (Å²) < 4.78 is 27.3. The van der Waals surface area contributed by atoms with Gasteiger partial charge < -0.3 is 18.9 Å². The van der Waals surface area contributed by atoms with E-state index in [1.807, 2.05) is 48.8 Å². The van der Waals surface area contributed by atoms with E-state index in [2.05, 4.69) is 26.3 Å². The second-order valence-corrected chi connectivity index (χ2v) is 11.3. The summed E-state index contributed by atoms with van der Waals surface area (Å²) in [7, 11) is 0. The first-order valence-corrected chi connectivity index (χ1v) is 14.4. The molecule has 0 bridgehead atoms. The maximum atomic E-state index is 9.65. The molecule has 2 aliphatic heterocycles. The molecule has 0 radical (unpaired) electrons. The molecule has 13 heteroatoms. The van der Waals surface area contributed by atoms with Crippen molar-refractivity contribution in [3.63, 3.8) is 0 Å². The molecule has 3 aromatic heterocycles. The molecular weight excluding hydrogens is 560 g/mol. The van der Waals surface area contributed by atoms with Crippen LogP contribution in [-0.2, 0) is 18.9 Å². The Morgan fingerprint density at radius 2 is 2.13 bits per heavy atom. The van der Waals surface area contributed by atoms with Crippen molar-refractivity contribution in [2.45, 2.75) is 47.9 Å². The lowest BCUT2D eigenvalue weighted by Crippen LogP contribution is -2.59. The number of pyridine rings is 1. The van der Waals surface area contributed by atoms with Crippen LogP contribution in [0.3, 0.4) is 0 Å². The van der Waals surface area contributed by atoms with Gasteiger partial charge in [-0.1, -0.05) is 58.9 Å². The number of hydrogen-bond donors (Lipinski definition) is 0. The number of aromatic nitrogens is 5. The Morgan fingerprint density at radius 1 is 1.26 bits per heavy atom. The fourth-order valence-corrected chi connectivity index (χ4v) is 6.74. The first-order valence-electron chi connectivity index (χ1n) is 12.3. The zero-order chi connectivity index (χ0) is 26.8. The summed E-state index contributed by atoms with van der Waals surface area (Å²) in [6.45, 7) is 2.64. The van der Waals surface area contributed by atoms with Gasteiger partial charge in [0.05, 0.1) is 17.8 Å². The molecule has 200 valence electrons. The third kappa shape index (κ3) is 5.44. The summed E-state index contributed by atoms with van der Waals surface area (Å²) >= 11 is 9.05. The average molecular weight is 583 g/mol. The van der Waals surface area contributed by atoms with Crippen molar-refractivity contribution in [1.82, 2.24) is 25.0 Å². The van der Waals surface area contributed by atoms with Crippen molar-refractivity contribution in [3.8, 4) is 16.8 Å². The van der Waals surface area contributed by atoms with Crippen molar-refractivity contribution in [2.24, 2.45) is 0 Å². The average Bonchev–Trinajstić information content (AvgIpc) is 3.67. The third-order valence-corrected chi connectivity index (χ3v) is 8.55. The van der Waals surface area contributed by atoms with Crippen LogP contribution in [0, 0.1) is 11.3 Å².